The van der Waals surface area contributed by atoms with Crippen molar-refractivity contribution in [1.82, 2.24) is 10.2 Å². The zero-order valence-corrected chi connectivity index (χ0v) is 11.4. The number of nitrogens with zero attached hydrogens (tertiary/aromatic N) is 1. The van der Waals surface area contributed by atoms with E-state index in [1.165, 1.54) is 25.9 Å². The maximum Gasteiger partial charge on any atom is 0.0122 e. The van der Waals surface area contributed by atoms with E-state index in [0.717, 1.165) is 6.04 Å². The van der Waals surface area contributed by atoms with E-state index in [2.05, 4.69) is 51.9 Å². The minimum atomic E-state index is 0.300. The molecule has 0 bridgehead atoms. The lowest BCUT2D eigenvalue weighted by Gasteiger charge is -2.32. The van der Waals surface area contributed by atoms with Crippen LogP contribution in [0.2, 0.25) is 0 Å². The molecule has 90 valence electrons. The zero-order chi connectivity index (χ0) is 11.7. The highest BCUT2D eigenvalue weighted by molar-refractivity contribution is 4.88. The maximum atomic E-state index is 3.63. The van der Waals surface area contributed by atoms with E-state index in [-0.39, 0.29) is 0 Å². The molecule has 2 nitrogen and oxygen atoms in total. The molecule has 1 rings (SSSR count). The van der Waals surface area contributed by atoms with Crippen molar-refractivity contribution in [3.05, 3.63) is 0 Å². The van der Waals surface area contributed by atoms with Crippen LogP contribution in [0.1, 0.15) is 47.5 Å². The van der Waals surface area contributed by atoms with Crippen LogP contribution in [0.5, 0.6) is 0 Å². The molecular formula is C13H28N2. The fourth-order valence-electron chi connectivity index (χ4n) is 2.12. The Hall–Kier alpha value is -0.0800. The van der Waals surface area contributed by atoms with Crippen molar-refractivity contribution in [2.45, 2.75) is 59.0 Å². The van der Waals surface area contributed by atoms with Crippen molar-refractivity contribution >= 4 is 0 Å². The van der Waals surface area contributed by atoms with Crippen molar-refractivity contribution in [3.8, 4) is 0 Å². The van der Waals surface area contributed by atoms with E-state index in [4.69, 9.17) is 0 Å². The highest BCUT2D eigenvalue weighted by Crippen LogP contribution is 2.28. The van der Waals surface area contributed by atoms with E-state index >= 15 is 0 Å². The first-order chi connectivity index (χ1) is 6.71. The third kappa shape index (κ3) is 4.12. The van der Waals surface area contributed by atoms with E-state index in [9.17, 15) is 0 Å². The van der Waals surface area contributed by atoms with Crippen LogP contribution in [0, 0.1) is 5.41 Å². The normalized spacial score (nSPS) is 26.2. The van der Waals surface area contributed by atoms with Crippen LogP contribution in [0.15, 0.2) is 0 Å². The first-order valence-electron chi connectivity index (χ1n) is 6.15. The highest BCUT2D eigenvalue weighted by atomic mass is 15.2. The van der Waals surface area contributed by atoms with E-state index in [0.29, 0.717) is 11.0 Å². The van der Waals surface area contributed by atoms with Crippen molar-refractivity contribution in [2.24, 2.45) is 5.41 Å². The summed E-state index contributed by atoms with van der Waals surface area (Å²) in [5, 5.41) is 3.63. The summed E-state index contributed by atoms with van der Waals surface area (Å²) < 4.78 is 0. The van der Waals surface area contributed by atoms with Crippen LogP contribution in [0.3, 0.4) is 0 Å². The van der Waals surface area contributed by atoms with Gasteiger partial charge in [-0.05, 0) is 52.6 Å². The molecule has 0 radical (unpaired) electrons. The van der Waals surface area contributed by atoms with Gasteiger partial charge in [-0.15, -0.1) is 0 Å². The van der Waals surface area contributed by atoms with E-state index in [1.807, 2.05) is 0 Å². The third-order valence-electron chi connectivity index (χ3n) is 3.63. The van der Waals surface area contributed by atoms with Gasteiger partial charge in [0.15, 0.2) is 0 Å². The van der Waals surface area contributed by atoms with Gasteiger partial charge in [0.05, 0.1) is 0 Å². The summed E-state index contributed by atoms with van der Waals surface area (Å²) in [7, 11) is 2.22. The lowest BCUT2D eigenvalue weighted by molar-refractivity contribution is 0.168. The molecule has 0 amide bonds. The largest absolute Gasteiger partial charge is 0.313 e. The van der Waals surface area contributed by atoms with Gasteiger partial charge in [-0.2, -0.15) is 0 Å². The molecule has 0 spiro atoms. The van der Waals surface area contributed by atoms with Gasteiger partial charge in [-0.1, -0.05) is 13.8 Å². The third-order valence-corrected chi connectivity index (χ3v) is 3.63. The van der Waals surface area contributed by atoms with Crippen LogP contribution in [0.4, 0.5) is 0 Å². The van der Waals surface area contributed by atoms with Crippen LogP contribution in [-0.2, 0) is 0 Å². The van der Waals surface area contributed by atoms with Gasteiger partial charge in [-0.3, -0.25) is 0 Å². The van der Waals surface area contributed by atoms with Crippen molar-refractivity contribution < 1.29 is 0 Å². The number of hydrogen-bond acceptors (Lipinski definition) is 2. The molecule has 1 saturated heterocycles. The SMILES string of the molecule is CN(CCC1CC(C)(C)CN1)C(C)(C)C. The van der Waals surface area contributed by atoms with E-state index < -0.39 is 0 Å². The quantitative estimate of drug-likeness (QED) is 0.773. The fourth-order valence-corrected chi connectivity index (χ4v) is 2.12. The van der Waals surface area contributed by atoms with Gasteiger partial charge in [0.2, 0.25) is 0 Å². The summed E-state index contributed by atoms with van der Waals surface area (Å²) in [6, 6.07) is 0.727. The molecule has 0 aromatic rings. The summed E-state index contributed by atoms with van der Waals surface area (Å²) in [4.78, 5) is 2.44. The molecule has 0 aromatic heterocycles. The average Bonchev–Trinajstić information content (AvgIpc) is 2.39. The van der Waals surface area contributed by atoms with Crippen LogP contribution < -0.4 is 5.32 Å². The molecule has 1 N–H and O–H groups in total. The van der Waals surface area contributed by atoms with Crippen LogP contribution in [-0.4, -0.2) is 36.6 Å². The maximum absolute atomic E-state index is 3.63. The first kappa shape index (κ1) is 13.0. The predicted molar refractivity (Wildman–Crippen MR) is 67.2 cm³/mol. The van der Waals surface area contributed by atoms with Gasteiger partial charge in [0.1, 0.15) is 0 Å². The minimum absolute atomic E-state index is 0.300. The molecule has 2 heteroatoms. The molecule has 0 saturated carbocycles. The second-order valence-corrected chi connectivity index (χ2v) is 6.83. The molecule has 1 heterocycles. The summed E-state index contributed by atoms with van der Waals surface area (Å²) in [5.74, 6) is 0. The van der Waals surface area contributed by atoms with Crippen molar-refractivity contribution in [1.29, 1.82) is 0 Å². The summed E-state index contributed by atoms with van der Waals surface area (Å²) in [6.45, 7) is 13.9. The number of hydrogen-bond donors (Lipinski definition) is 1. The molecule has 0 aromatic carbocycles. The lowest BCUT2D eigenvalue weighted by Crippen LogP contribution is -2.40. The topological polar surface area (TPSA) is 15.3 Å². The molecule has 1 aliphatic rings. The Bertz CT molecular complexity index is 203. The van der Waals surface area contributed by atoms with E-state index in [1.54, 1.807) is 0 Å². The smallest absolute Gasteiger partial charge is 0.0122 e. The molecule has 1 atom stereocenters. The number of rotatable bonds is 3. The Balaban J connectivity index is 2.27. The monoisotopic (exact) mass is 212 g/mol. The van der Waals surface area contributed by atoms with Gasteiger partial charge in [0, 0.05) is 18.1 Å². The Morgan fingerprint density at radius 2 is 1.93 bits per heavy atom. The van der Waals surface area contributed by atoms with Gasteiger partial charge < -0.3 is 10.2 Å². The Labute approximate surface area is 95.4 Å². The molecule has 1 aliphatic heterocycles. The Morgan fingerprint density at radius 1 is 1.33 bits per heavy atom. The van der Waals surface area contributed by atoms with Gasteiger partial charge >= 0.3 is 0 Å². The Morgan fingerprint density at radius 3 is 2.33 bits per heavy atom. The summed E-state index contributed by atoms with van der Waals surface area (Å²) >= 11 is 0. The highest BCUT2D eigenvalue weighted by Gasteiger charge is 2.30. The molecule has 1 unspecified atom stereocenters. The minimum Gasteiger partial charge on any atom is -0.313 e. The van der Waals surface area contributed by atoms with Gasteiger partial charge in [0.25, 0.3) is 0 Å². The predicted octanol–water partition coefficient (Wildman–Crippen LogP) is 2.49. The second-order valence-electron chi connectivity index (χ2n) is 6.83. The lowest BCUT2D eigenvalue weighted by atomic mass is 9.90. The summed E-state index contributed by atoms with van der Waals surface area (Å²) in [6.07, 6.45) is 2.60. The van der Waals surface area contributed by atoms with Crippen LogP contribution in [0.25, 0.3) is 0 Å². The standard InChI is InChI=1S/C13H28N2/c1-12(2,3)15(6)8-7-11-9-13(4,5)10-14-11/h11,14H,7-10H2,1-6H3. The first-order valence-corrected chi connectivity index (χ1v) is 6.15. The van der Waals surface area contributed by atoms with Gasteiger partial charge in [-0.25, -0.2) is 0 Å². The zero-order valence-electron chi connectivity index (χ0n) is 11.4. The molecule has 1 fully saturated rings. The molecule has 15 heavy (non-hydrogen) atoms. The number of nitrogens with one attached hydrogen (secondary N) is 1. The van der Waals surface area contributed by atoms with Crippen molar-refractivity contribution in [2.75, 3.05) is 20.1 Å². The second kappa shape index (κ2) is 4.42. The average molecular weight is 212 g/mol. The molecular weight excluding hydrogens is 184 g/mol. The fraction of sp³-hybridized carbons (Fsp3) is 1.00. The Kier molecular flexibility index (Phi) is 3.83. The van der Waals surface area contributed by atoms with Crippen molar-refractivity contribution in [3.63, 3.8) is 0 Å². The summed E-state index contributed by atoms with van der Waals surface area (Å²) in [5.41, 5.74) is 0.805. The molecule has 0 aliphatic carbocycles. The van der Waals surface area contributed by atoms with Crippen LogP contribution >= 0.6 is 0 Å².